The summed E-state index contributed by atoms with van der Waals surface area (Å²) in [5, 5.41) is 6.65. The van der Waals surface area contributed by atoms with Crippen LogP contribution in [0.15, 0.2) is 22.7 Å². The van der Waals surface area contributed by atoms with Gasteiger partial charge in [-0.15, -0.1) is 0 Å². The van der Waals surface area contributed by atoms with E-state index in [4.69, 9.17) is 11.6 Å². The molecule has 1 aliphatic rings. The number of halogens is 2. The normalized spacial score (nSPS) is 14.9. The average Bonchev–Trinajstić information content (AvgIpc) is 2.68. The van der Waals surface area contributed by atoms with E-state index in [9.17, 15) is 4.79 Å². The van der Waals surface area contributed by atoms with Crippen molar-refractivity contribution in [2.75, 3.05) is 31.5 Å². The van der Waals surface area contributed by atoms with Crippen molar-refractivity contribution in [1.29, 1.82) is 0 Å². The topological polar surface area (TPSA) is 44.4 Å². The van der Waals surface area contributed by atoms with Gasteiger partial charge in [-0.25, -0.2) is 4.79 Å². The van der Waals surface area contributed by atoms with E-state index in [2.05, 4.69) is 26.6 Å². The maximum absolute atomic E-state index is 11.3. The summed E-state index contributed by atoms with van der Waals surface area (Å²) >= 11 is 9.42. The summed E-state index contributed by atoms with van der Waals surface area (Å²) in [6.45, 7) is 2.87. The SMILES string of the molecule is O=C1NCCN1CCNc1ccc(Br)cc1Cl. The molecule has 92 valence electrons. The lowest BCUT2D eigenvalue weighted by Gasteiger charge is -2.15. The number of urea groups is 1. The molecule has 0 atom stereocenters. The molecule has 0 aliphatic carbocycles. The molecule has 0 aromatic heterocycles. The molecule has 1 heterocycles. The number of nitrogens with one attached hydrogen (secondary N) is 2. The first-order valence-electron chi connectivity index (χ1n) is 5.38. The third kappa shape index (κ3) is 3.26. The third-order valence-corrected chi connectivity index (χ3v) is 3.38. The van der Waals surface area contributed by atoms with Crippen molar-refractivity contribution in [3.8, 4) is 0 Å². The second-order valence-corrected chi connectivity index (χ2v) is 5.09. The Morgan fingerprint density at radius 2 is 2.35 bits per heavy atom. The van der Waals surface area contributed by atoms with Crippen LogP contribution in [0.4, 0.5) is 10.5 Å². The molecule has 4 nitrogen and oxygen atoms in total. The monoisotopic (exact) mass is 317 g/mol. The van der Waals surface area contributed by atoms with Crippen molar-refractivity contribution >= 4 is 39.2 Å². The van der Waals surface area contributed by atoms with E-state index >= 15 is 0 Å². The summed E-state index contributed by atoms with van der Waals surface area (Å²) in [5.74, 6) is 0. The minimum absolute atomic E-state index is 0.00806. The summed E-state index contributed by atoms with van der Waals surface area (Å²) < 4.78 is 0.951. The van der Waals surface area contributed by atoms with Gasteiger partial charge < -0.3 is 15.5 Å². The maximum atomic E-state index is 11.3. The zero-order valence-electron chi connectivity index (χ0n) is 9.17. The number of hydrogen-bond donors (Lipinski definition) is 2. The largest absolute Gasteiger partial charge is 0.382 e. The van der Waals surface area contributed by atoms with Crippen LogP contribution in [-0.2, 0) is 0 Å². The predicted molar refractivity (Wildman–Crippen MR) is 72.6 cm³/mol. The molecule has 6 heteroatoms. The van der Waals surface area contributed by atoms with E-state index in [-0.39, 0.29) is 6.03 Å². The Balaban J connectivity index is 1.83. The average molecular weight is 319 g/mol. The molecule has 0 bridgehead atoms. The van der Waals surface area contributed by atoms with Gasteiger partial charge in [-0.2, -0.15) is 0 Å². The fourth-order valence-electron chi connectivity index (χ4n) is 1.68. The van der Waals surface area contributed by atoms with Crippen molar-refractivity contribution in [3.05, 3.63) is 27.7 Å². The highest BCUT2D eigenvalue weighted by Gasteiger charge is 2.18. The van der Waals surface area contributed by atoms with E-state index < -0.39 is 0 Å². The minimum Gasteiger partial charge on any atom is -0.382 e. The van der Waals surface area contributed by atoms with Crippen LogP contribution in [0.1, 0.15) is 0 Å². The zero-order valence-corrected chi connectivity index (χ0v) is 11.5. The number of carbonyl (C=O) groups excluding carboxylic acids is 1. The predicted octanol–water partition coefficient (Wildman–Crippen LogP) is 2.54. The van der Waals surface area contributed by atoms with Gasteiger partial charge in [-0.3, -0.25) is 0 Å². The highest BCUT2D eigenvalue weighted by Crippen LogP contribution is 2.25. The smallest absolute Gasteiger partial charge is 0.317 e. The van der Waals surface area contributed by atoms with Gasteiger partial charge in [0.2, 0.25) is 0 Å². The highest BCUT2D eigenvalue weighted by molar-refractivity contribution is 9.10. The Bertz CT molecular complexity index is 427. The summed E-state index contributed by atoms with van der Waals surface area (Å²) in [5.41, 5.74) is 0.884. The maximum Gasteiger partial charge on any atom is 0.317 e. The lowest BCUT2D eigenvalue weighted by atomic mass is 10.3. The van der Waals surface area contributed by atoms with Gasteiger partial charge in [0.15, 0.2) is 0 Å². The first kappa shape index (κ1) is 12.5. The van der Waals surface area contributed by atoms with Crippen LogP contribution in [-0.4, -0.2) is 37.1 Å². The van der Waals surface area contributed by atoms with Crippen molar-refractivity contribution < 1.29 is 4.79 Å². The van der Waals surface area contributed by atoms with Crippen LogP contribution in [0, 0.1) is 0 Å². The first-order valence-corrected chi connectivity index (χ1v) is 6.55. The fourth-order valence-corrected chi connectivity index (χ4v) is 2.42. The molecule has 1 aliphatic heterocycles. The van der Waals surface area contributed by atoms with E-state index in [1.807, 2.05) is 18.2 Å². The second kappa shape index (κ2) is 5.60. The molecule has 17 heavy (non-hydrogen) atoms. The third-order valence-electron chi connectivity index (χ3n) is 2.57. The van der Waals surface area contributed by atoms with Gasteiger partial charge in [-0.05, 0) is 18.2 Å². The summed E-state index contributed by atoms with van der Waals surface area (Å²) in [6.07, 6.45) is 0. The van der Waals surface area contributed by atoms with Crippen LogP contribution in [0.25, 0.3) is 0 Å². The Labute approximate surface area is 113 Å². The lowest BCUT2D eigenvalue weighted by molar-refractivity contribution is 0.219. The van der Waals surface area contributed by atoms with Crippen LogP contribution >= 0.6 is 27.5 Å². The number of anilines is 1. The molecule has 1 aromatic carbocycles. The molecule has 2 rings (SSSR count). The van der Waals surface area contributed by atoms with Crippen LogP contribution in [0.3, 0.4) is 0 Å². The van der Waals surface area contributed by atoms with Crippen molar-refractivity contribution in [3.63, 3.8) is 0 Å². The van der Waals surface area contributed by atoms with Gasteiger partial charge in [0.25, 0.3) is 0 Å². The van der Waals surface area contributed by atoms with E-state index in [0.717, 1.165) is 23.2 Å². The molecule has 2 amide bonds. The second-order valence-electron chi connectivity index (χ2n) is 3.77. The number of amides is 2. The van der Waals surface area contributed by atoms with Gasteiger partial charge in [-0.1, -0.05) is 27.5 Å². The summed E-state index contributed by atoms with van der Waals surface area (Å²) in [6, 6.07) is 5.69. The molecule has 0 spiro atoms. The standard InChI is InChI=1S/C11H13BrClN3O/c12-8-1-2-10(9(13)7-8)14-3-5-16-6-4-15-11(16)17/h1-2,7,14H,3-6H2,(H,15,17). The van der Waals surface area contributed by atoms with E-state index in [0.29, 0.717) is 18.1 Å². The quantitative estimate of drug-likeness (QED) is 0.896. The van der Waals surface area contributed by atoms with E-state index in [1.54, 1.807) is 4.90 Å². The molecular formula is C11H13BrClN3O. The first-order chi connectivity index (χ1) is 8.16. The number of rotatable bonds is 4. The minimum atomic E-state index is 0.00806. The van der Waals surface area contributed by atoms with Crippen molar-refractivity contribution in [2.24, 2.45) is 0 Å². The van der Waals surface area contributed by atoms with Gasteiger partial charge in [0.05, 0.1) is 10.7 Å². The molecule has 1 saturated heterocycles. The number of benzene rings is 1. The lowest BCUT2D eigenvalue weighted by Crippen LogP contribution is -2.32. The van der Waals surface area contributed by atoms with Crippen LogP contribution in [0.2, 0.25) is 5.02 Å². The van der Waals surface area contributed by atoms with Gasteiger partial charge in [0, 0.05) is 30.7 Å². The molecule has 1 fully saturated rings. The van der Waals surface area contributed by atoms with Gasteiger partial charge >= 0.3 is 6.03 Å². The van der Waals surface area contributed by atoms with Crippen LogP contribution in [0.5, 0.6) is 0 Å². The molecule has 2 N–H and O–H groups in total. The number of hydrogen-bond acceptors (Lipinski definition) is 2. The Hall–Kier alpha value is -0.940. The molecule has 0 radical (unpaired) electrons. The summed E-state index contributed by atoms with van der Waals surface area (Å²) in [7, 11) is 0. The summed E-state index contributed by atoms with van der Waals surface area (Å²) in [4.78, 5) is 13.1. The van der Waals surface area contributed by atoms with Crippen molar-refractivity contribution in [2.45, 2.75) is 0 Å². The Morgan fingerprint density at radius 3 is 3.00 bits per heavy atom. The Kier molecular flexibility index (Phi) is 4.12. The van der Waals surface area contributed by atoms with Crippen molar-refractivity contribution in [1.82, 2.24) is 10.2 Å². The fraction of sp³-hybridized carbons (Fsp3) is 0.364. The number of nitrogens with zero attached hydrogens (tertiary/aromatic N) is 1. The molecule has 1 aromatic rings. The van der Waals surface area contributed by atoms with Crippen LogP contribution < -0.4 is 10.6 Å². The number of carbonyl (C=O) groups is 1. The molecular weight excluding hydrogens is 305 g/mol. The molecule has 0 saturated carbocycles. The Morgan fingerprint density at radius 1 is 1.53 bits per heavy atom. The van der Waals surface area contributed by atoms with Gasteiger partial charge in [0.1, 0.15) is 0 Å². The zero-order chi connectivity index (χ0) is 12.3. The van der Waals surface area contributed by atoms with E-state index in [1.165, 1.54) is 0 Å². The highest BCUT2D eigenvalue weighted by atomic mass is 79.9. The molecule has 0 unspecified atom stereocenters.